The van der Waals surface area contributed by atoms with Gasteiger partial charge in [-0.15, -0.1) is 0 Å². The van der Waals surface area contributed by atoms with Gasteiger partial charge >= 0.3 is 5.97 Å². The number of fused-ring (bicyclic) bond motifs is 7. The number of hydrogen-bond donors (Lipinski definition) is 22. The van der Waals surface area contributed by atoms with Gasteiger partial charge in [0, 0.05) is 0 Å². The third-order valence-electron chi connectivity index (χ3n) is 28.3. The molecular formula is C74H120O39. The first-order valence-electron chi connectivity index (χ1n) is 39.5. The summed E-state index contributed by atoms with van der Waals surface area (Å²) in [5, 5.41) is 244. The first-order valence-corrected chi connectivity index (χ1v) is 39.5. The van der Waals surface area contributed by atoms with E-state index >= 15 is 4.79 Å². The first kappa shape index (κ1) is 88.5. The van der Waals surface area contributed by atoms with E-state index in [4.69, 9.17) is 75.8 Å². The molecule has 22 N–H and O–H groups in total. The highest BCUT2D eigenvalue weighted by Crippen LogP contribution is 2.76. The largest absolute Gasteiger partial charge is 0.432 e. The summed E-state index contributed by atoms with van der Waals surface area (Å²) in [4.78, 5) is 16.0. The molecule has 13 rings (SSSR count). The van der Waals surface area contributed by atoms with Crippen LogP contribution in [0, 0.1) is 50.2 Å². The fourth-order valence-corrected chi connectivity index (χ4v) is 21.3. The Hall–Kier alpha value is -2.27. The van der Waals surface area contributed by atoms with Crippen LogP contribution in [0.5, 0.6) is 0 Å². The summed E-state index contributed by atoms with van der Waals surface area (Å²) in [6.45, 7) is 12.0. The summed E-state index contributed by atoms with van der Waals surface area (Å²) in [6.07, 6.45) is -59.7. The van der Waals surface area contributed by atoms with Crippen LogP contribution in [0.2, 0.25) is 0 Å². The van der Waals surface area contributed by atoms with Gasteiger partial charge in [-0.2, -0.15) is 0 Å². The van der Waals surface area contributed by atoms with Gasteiger partial charge in [-0.1, -0.05) is 60.1 Å². The standard InChI is InChI=1S/C74H120O39/c1-26-55(108-62-54(96)56(32(80)24-100-62)109-60-49(91)40(82)29(77)21-98-60)53(95)59(111-64-52(94)46(88)43(85)33(19-75)104-64)66(103-26)112-58-48(90)44(86)34(20-76)105-67(58)113-68(97)74-16-15-69(2,3)17-28(74)27-9-10-37-71(6)13-12-39(70(4,5)36(71)11-14-72(37,7)73(27,8)18-38(74)81)107-63-51(93)47(89)45(87)35(106-63)25-102-65-57(42(84)31(79)23-101-65)110-61-50(92)41(83)30(78)22-99-61/h9,26,28-67,75-96H,10-25H2,1-8H3/t26-,28-,29+,30+,31-,32+,33+,34+,35+,36-,37+,38+,39-,40-,41-,42-,43-,44+,45+,46-,47-,48-,49+,50+,51+,52+,53+,54+,55-,56-,57+,58+,59+,60-,61-,62-,63-,64-,65-,66-,67-,71-,72+,73+,74+/m0/s1. The van der Waals surface area contributed by atoms with Gasteiger partial charge in [0.1, 0.15) is 164 Å². The number of carbonyl (C=O) groups is 1. The maximum Gasteiger partial charge on any atom is 0.317 e. The molecule has 0 aromatic rings. The van der Waals surface area contributed by atoms with Gasteiger partial charge in [-0.25, -0.2) is 0 Å². The van der Waals surface area contributed by atoms with Crippen molar-refractivity contribution in [1.82, 2.24) is 0 Å². The summed E-state index contributed by atoms with van der Waals surface area (Å²) in [7, 11) is 0. The normalized spacial score (nSPS) is 54.7. The highest BCUT2D eigenvalue weighted by molar-refractivity contribution is 5.80. The maximum absolute atomic E-state index is 16.0. The molecule has 13 aliphatic rings. The Bertz CT molecular complexity index is 3230. The molecule has 0 aromatic carbocycles. The molecule has 8 heterocycles. The summed E-state index contributed by atoms with van der Waals surface area (Å²) in [5.41, 5.74) is -3.56. The lowest BCUT2D eigenvalue weighted by atomic mass is 9.33. The predicted octanol–water partition coefficient (Wildman–Crippen LogP) is -8.18. The molecule has 8 saturated heterocycles. The number of rotatable bonds is 19. The highest BCUT2D eigenvalue weighted by Gasteiger charge is 2.73. The Morgan fingerprint density at radius 3 is 1.51 bits per heavy atom. The molecule has 45 atom stereocenters. The van der Waals surface area contributed by atoms with Crippen molar-refractivity contribution in [1.29, 1.82) is 0 Å². The van der Waals surface area contributed by atoms with Crippen LogP contribution in [0.4, 0.5) is 0 Å². The molecular weight excluding hydrogens is 1510 g/mol. The highest BCUT2D eigenvalue weighted by atomic mass is 16.8. The van der Waals surface area contributed by atoms with Crippen LogP contribution >= 0.6 is 0 Å². The van der Waals surface area contributed by atoms with E-state index in [0.717, 1.165) is 5.57 Å². The Balaban J connectivity index is 0.726. The number of hydrogen-bond acceptors (Lipinski definition) is 39. The zero-order valence-corrected chi connectivity index (χ0v) is 64.3. The minimum Gasteiger partial charge on any atom is -0.432 e. The van der Waals surface area contributed by atoms with Crippen LogP contribution in [-0.2, 0) is 80.6 Å². The van der Waals surface area contributed by atoms with Crippen LogP contribution in [-0.4, -0.2) is 398 Å². The Morgan fingerprint density at radius 2 is 0.903 bits per heavy atom. The van der Waals surface area contributed by atoms with Gasteiger partial charge in [0.05, 0.1) is 64.6 Å². The van der Waals surface area contributed by atoms with Gasteiger partial charge in [0.25, 0.3) is 0 Å². The molecule has 0 aromatic heterocycles. The van der Waals surface area contributed by atoms with Crippen molar-refractivity contribution in [2.24, 2.45) is 50.2 Å². The van der Waals surface area contributed by atoms with Crippen LogP contribution in [0.3, 0.4) is 0 Å². The van der Waals surface area contributed by atoms with Gasteiger partial charge in [0.15, 0.2) is 50.1 Å². The Labute approximate surface area is 651 Å². The van der Waals surface area contributed by atoms with E-state index in [0.29, 0.717) is 44.9 Å². The van der Waals surface area contributed by atoms with Crippen molar-refractivity contribution in [3.05, 3.63) is 11.6 Å². The van der Waals surface area contributed by atoms with Crippen LogP contribution in [0.25, 0.3) is 0 Å². The number of esters is 1. The van der Waals surface area contributed by atoms with Crippen molar-refractivity contribution >= 4 is 5.97 Å². The second kappa shape index (κ2) is 33.9. The van der Waals surface area contributed by atoms with Gasteiger partial charge in [-0.3, -0.25) is 4.79 Å². The fourth-order valence-electron chi connectivity index (χ4n) is 21.3. The monoisotopic (exact) mass is 1630 g/mol. The molecule has 0 spiro atoms. The van der Waals surface area contributed by atoms with Gasteiger partial charge in [0.2, 0.25) is 6.29 Å². The molecule has 0 radical (unpaired) electrons. The van der Waals surface area contributed by atoms with Gasteiger partial charge in [-0.05, 0) is 110 Å². The molecule has 0 amide bonds. The van der Waals surface area contributed by atoms with Crippen molar-refractivity contribution in [2.45, 2.75) is 347 Å². The van der Waals surface area contributed by atoms with Gasteiger partial charge < -0.3 is 188 Å². The molecule has 39 heteroatoms. The van der Waals surface area contributed by atoms with E-state index in [2.05, 4.69) is 54.5 Å². The number of allylic oxidation sites excluding steroid dienone is 2. The average Bonchev–Trinajstić information content (AvgIpc) is 0.669. The van der Waals surface area contributed by atoms with Crippen LogP contribution < -0.4 is 0 Å². The molecule has 4 saturated carbocycles. The molecule has 0 bridgehead atoms. The van der Waals surface area contributed by atoms with Crippen molar-refractivity contribution < 1.29 is 193 Å². The van der Waals surface area contributed by atoms with Crippen molar-refractivity contribution in [2.75, 3.05) is 46.2 Å². The molecule has 650 valence electrons. The minimum absolute atomic E-state index is 0.0325. The lowest BCUT2D eigenvalue weighted by molar-refractivity contribution is -0.401. The van der Waals surface area contributed by atoms with E-state index in [1.165, 1.54) is 6.92 Å². The third-order valence-corrected chi connectivity index (χ3v) is 28.3. The number of aliphatic hydroxyl groups excluding tert-OH is 22. The zero-order valence-electron chi connectivity index (χ0n) is 64.3. The zero-order chi connectivity index (χ0) is 82.2. The topological polar surface area (TPSA) is 610 Å². The molecule has 113 heavy (non-hydrogen) atoms. The third kappa shape index (κ3) is 15.8. The smallest absolute Gasteiger partial charge is 0.317 e. The first-order chi connectivity index (χ1) is 53.1. The summed E-state index contributed by atoms with van der Waals surface area (Å²) in [6, 6.07) is 0. The lowest BCUT2D eigenvalue weighted by Gasteiger charge is -2.71. The number of carbonyl (C=O) groups excluding carboxylic acids is 1. The maximum atomic E-state index is 16.0. The Kier molecular flexibility index (Phi) is 26.5. The number of aliphatic hydroxyl groups is 22. The molecule has 0 unspecified atom stereocenters. The van der Waals surface area contributed by atoms with E-state index in [1.807, 2.05) is 0 Å². The van der Waals surface area contributed by atoms with E-state index < -0.39 is 324 Å². The van der Waals surface area contributed by atoms with E-state index in [1.54, 1.807) is 0 Å². The predicted molar refractivity (Wildman–Crippen MR) is 369 cm³/mol. The SMILES string of the molecule is C[C@@H]1O[C@@H](O[C@H]2[C@H](OC(=O)[C@]34CCC(C)(C)C[C@H]3C3=CC[C@@H]5[C@@]6(C)CC[C@H](O[C@@H]7O[C@H](CO[C@@H]8OC[C@H](O)[C@H](O)[C@H]8O[C@@H]8OC[C@@H](O)[C@H](O)[C@H]8O)[C@@H](O)[C@H](O)[C@H]7O)C(C)(C)[C@@H]6CC[C@@]5(C)[C@]3(C)C[C@H]4O)O[C@H](CO)[C@@H](O)[C@@H]2O)[C@H](O[C@@H]2O[C@H](CO)[C@H](O)[C@H](O)[C@H]2O)[C@H](O)[C@H]1O[C@@H]1OC[C@@H](O)[C@H](O[C@@H]2OC[C@@H](O)[C@H](O)[C@H]2O)[C@H]1O. The van der Waals surface area contributed by atoms with Crippen molar-refractivity contribution in [3.63, 3.8) is 0 Å². The Morgan fingerprint density at radius 1 is 0.425 bits per heavy atom. The quantitative estimate of drug-likeness (QED) is 0.0324. The summed E-state index contributed by atoms with van der Waals surface area (Å²) < 4.78 is 95.9. The fraction of sp³-hybridized carbons (Fsp3) is 0.959. The second-order valence-corrected chi connectivity index (χ2v) is 35.8. The second-order valence-electron chi connectivity index (χ2n) is 35.8. The van der Waals surface area contributed by atoms with Crippen molar-refractivity contribution in [3.8, 4) is 0 Å². The minimum atomic E-state index is -2.14. The molecule has 8 aliphatic heterocycles. The lowest BCUT2D eigenvalue weighted by Crippen LogP contribution is -2.69. The van der Waals surface area contributed by atoms with E-state index in [-0.39, 0.29) is 24.7 Å². The molecule has 12 fully saturated rings. The molecule has 5 aliphatic carbocycles. The average molecular weight is 1630 g/mol. The number of ether oxygens (including phenoxy) is 16. The summed E-state index contributed by atoms with van der Waals surface area (Å²) in [5.74, 6) is -1.74. The van der Waals surface area contributed by atoms with Crippen LogP contribution in [0.15, 0.2) is 11.6 Å². The van der Waals surface area contributed by atoms with Crippen LogP contribution in [0.1, 0.15) is 113 Å². The summed E-state index contributed by atoms with van der Waals surface area (Å²) >= 11 is 0. The molecule has 39 nitrogen and oxygen atoms in total. The van der Waals surface area contributed by atoms with E-state index in [9.17, 15) is 112 Å².